The van der Waals surface area contributed by atoms with E-state index in [0.717, 1.165) is 37.2 Å². The maximum atomic E-state index is 12.2. The van der Waals surface area contributed by atoms with Gasteiger partial charge in [0.15, 0.2) is 0 Å². The van der Waals surface area contributed by atoms with E-state index in [1.165, 1.54) is 0 Å². The van der Waals surface area contributed by atoms with Crippen molar-refractivity contribution in [1.29, 1.82) is 0 Å². The summed E-state index contributed by atoms with van der Waals surface area (Å²) in [6, 6.07) is 7.57. The molecule has 0 saturated carbocycles. The number of anilines is 1. The van der Waals surface area contributed by atoms with Crippen LogP contribution in [0.2, 0.25) is 0 Å². The molecule has 2 rings (SSSR count). The molecule has 0 radical (unpaired) electrons. The minimum absolute atomic E-state index is 0.0102. The van der Waals surface area contributed by atoms with Crippen LogP contribution in [0.25, 0.3) is 0 Å². The summed E-state index contributed by atoms with van der Waals surface area (Å²) in [5.74, 6) is 0.653. The third-order valence-electron chi connectivity index (χ3n) is 4.19. The highest BCUT2D eigenvalue weighted by Gasteiger charge is 2.19. The number of nitrogens with zero attached hydrogens (tertiary/aromatic N) is 2. The predicted molar refractivity (Wildman–Crippen MR) is 95.8 cm³/mol. The number of nitrogens with one attached hydrogen (secondary N) is 2. The Labute approximate surface area is 144 Å². The fourth-order valence-electron chi connectivity index (χ4n) is 2.75. The highest BCUT2D eigenvalue weighted by molar-refractivity contribution is 5.92. The zero-order valence-corrected chi connectivity index (χ0v) is 14.8. The highest BCUT2D eigenvalue weighted by atomic mass is 16.2. The fourth-order valence-corrected chi connectivity index (χ4v) is 2.75. The van der Waals surface area contributed by atoms with Gasteiger partial charge in [0.05, 0.1) is 6.54 Å². The molecule has 2 N–H and O–H groups in total. The molecule has 0 bridgehead atoms. The van der Waals surface area contributed by atoms with Crippen molar-refractivity contribution in [1.82, 2.24) is 15.1 Å². The number of hydrogen-bond acceptors (Lipinski definition) is 3. The van der Waals surface area contributed by atoms with Crippen LogP contribution in [0.3, 0.4) is 0 Å². The van der Waals surface area contributed by atoms with Gasteiger partial charge in [-0.3, -0.25) is 4.79 Å². The first-order chi connectivity index (χ1) is 11.4. The first-order valence-electron chi connectivity index (χ1n) is 8.50. The molecular weight excluding hydrogens is 304 g/mol. The molecule has 0 unspecified atom stereocenters. The molecule has 1 saturated heterocycles. The first-order valence-corrected chi connectivity index (χ1v) is 8.50. The van der Waals surface area contributed by atoms with Crippen molar-refractivity contribution in [3.8, 4) is 0 Å². The van der Waals surface area contributed by atoms with Crippen molar-refractivity contribution in [2.24, 2.45) is 5.92 Å². The van der Waals surface area contributed by atoms with E-state index in [-0.39, 0.29) is 11.9 Å². The number of amides is 3. The van der Waals surface area contributed by atoms with E-state index in [9.17, 15) is 9.59 Å². The summed E-state index contributed by atoms with van der Waals surface area (Å²) in [5.41, 5.74) is 1.72. The molecule has 132 valence electrons. The number of rotatable bonds is 5. The SMILES string of the molecule is CC1CCN(C(=O)NCc2cccc(NC(=O)CN(C)C)c2)CC1. The molecule has 24 heavy (non-hydrogen) atoms. The molecule has 1 aliphatic rings. The van der Waals surface area contributed by atoms with E-state index in [4.69, 9.17) is 0 Å². The Balaban J connectivity index is 1.83. The maximum absolute atomic E-state index is 12.2. The number of benzene rings is 1. The second-order valence-electron chi connectivity index (χ2n) is 6.81. The van der Waals surface area contributed by atoms with Crippen LogP contribution in [0.5, 0.6) is 0 Å². The van der Waals surface area contributed by atoms with Crippen LogP contribution in [0.15, 0.2) is 24.3 Å². The van der Waals surface area contributed by atoms with Crippen molar-refractivity contribution in [3.63, 3.8) is 0 Å². The Bertz CT molecular complexity index is 566. The van der Waals surface area contributed by atoms with Gasteiger partial charge in [0.2, 0.25) is 5.91 Å². The second-order valence-corrected chi connectivity index (χ2v) is 6.81. The molecule has 0 aliphatic carbocycles. The van der Waals surface area contributed by atoms with E-state index < -0.39 is 0 Å². The zero-order chi connectivity index (χ0) is 17.5. The number of likely N-dealkylation sites (tertiary alicyclic amines) is 1. The first kappa shape index (κ1) is 18.3. The van der Waals surface area contributed by atoms with Crippen LogP contribution in [0.4, 0.5) is 10.5 Å². The average molecular weight is 332 g/mol. The molecule has 0 aromatic heterocycles. The van der Waals surface area contributed by atoms with Crippen LogP contribution in [-0.2, 0) is 11.3 Å². The van der Waals surface area contributed by atoms with Gasteiger partial charge in [0.25, 0.3) is 0 Å². The Morgan fingerprint density at radius 2 is 1.96 bits per heavy atom. The van der Waals surface area contributed by atoms with Gasteiger partial charge in [-0.15, -0.1) is 0 Å². The van der Waals surface area contributed by atoms with Crippen LogP contribution >= 0.6 is 0 Å². The van der Waals surface area contributed by atoms with Crippen LogP contribution in [-0.4, -0.2) is 55.5 Å². The van der Waals surface area contributed by atoms with Gasteiger partial charge in [0, 0.05) is 25.3 Å². The van der Waals surface area contributed by atoms with E-state index in [0.29, 0.717) is 19.0 Å². The minimum atomic E-state index is -0.0522. The fraction of sp³-hybridized carbons (Fsp3) is 0.556. The normalized spacial score (nSPS) is 15.4. The van der Waals surface area contributed by atoms with Gasteiger partial charge >= 0.3 is 6.03 Å². The zero-order valence-electron chi connectivity index (χ0n) is 14.8. The molecular formula is C18H28N4O2. The quantitative estimate of drug-likeness (QED) is 0.868. The van der Waals surface area contributed by atoms with Crippen LogP contribution < -0.4 is 10.6 Å². The molecule has 1 aromatic rings. The molecule has 1 heterocycles. The average Bonchev–Trinajstić information content (AvgIpc) is 2.53. The number of urea groups is 1. The number of likely N-dealkylation sites (N-methyl/N-ethyl adjacent to an activating group) is 1. The lowest BCUT2D eigenvalue weighted by molar-refractivity contribution is -0.116. The van der Waals surface area contributed by atoms with Gasteiger partial charge in [-0.05, 0) is 50.6 Å². The van der Waals surface area contributed by atoms with Crippen molar-refractivity contribution in [3.05, 3.63) is 29.8 Å². The Morgan fingerprint density at radius 1 is 1.25 bits per heavy atom. The number of carbonyl (C=O) groups is 2. The van der Waals surface area contributed by atoms with Gasteiger partial charge in [-0.25, -0.2) is 4.79 Å². The van der Waals surface area contributed by atoms with Gasteiger partial charge in [-0.2, -0.15) is 0 Å². The third kappa shape index (κ3) is 5.85. The Hall–Kier alpha value is -2.08. The summed E-state index contributed by atoms with van der Waals surface area (Å²) in [7, 11) is 3.71. The van der Waals surface area contributed by atoms with Crippen molar-refractivity contribution in [2.75, 3.05) is 39.0 Å². The Morgan fingerprint density at radius 3 is 2.62 bits per heavy atom. The largest absolute Gasteiger partial charge is 0.334 e. The van der Waals surface area contributed by atoms with Crippen molar-refractivity contribution < 1.29 is 9.59 Å². The molecule has 6 heteroatoms. The van der Waals surface area contributed by atoms with E-state index in [2.05, 4.69) is 17.6 Å². The maximum Gasteiger partial charge on any atom is 0.317 e. The molecule has 6 nitrogen and oxygen atoms in total. The molecule has 1 aromatic carbocycles. The summed E-state index contributed by atoms with van der Waals surface area (Å²) < 4.78 is 0. The third-order valence-corrected chi connectivity index (χ3v) is 4.19. The smallest absolute Gasteiger partial charge is 0.317 e. The topological polar surface area (TPSA) is 64.7 Å². The highest BCUT2D eigenvalue weighted by Crippen LogP contribution is 2.16. The van der Waals surface area contributed by atoms with Gasteiger partial charge < -0.3 is 20.4 Å². The summed E-state index contributed by atoms with van der Waals surface area (Å²) in [5, 5.41) is 5.83. The van der Waals surface area contributed by atoms with Crippen LogP contribution in [0.1, 0.15) is 25.3 Å². The summed E-state index contributed by atoms with van der Waals surface area (Å²) in [6.45, 7) is 4.68. The van der Waals surface area contributed by atoms with E-state index in [1.54, 1.807) is 0 Å². The van der Waals surface area contributed by atoms with E-state index in [1.807, 2.05) is 48.2 Å². The number of hydrogen-bond donors (Lipinski definition) is 2. The standard InChI is InChI=1S/C18H28N4O2/c1-14-7-9-22(10-8-14)18(24)19-12-15-5-4-6-16(11-15)20-17(23)13-21(2)3/h4-6,11,14H,7-10,12-13H2,1-3H3,(H,19,24)(H,20,23). The number of carbonyl (C=O) groups excluding carboxylic acids is 2. The van der Waals surface area contributed by atoms with Gasteiger partial charge in [0.1, 0.15) is 0 Å². The Kier molecular flexibility index (Phi) is 6.61. The summed E-state index contributed by atoms with van der Waals surface area (Å²) >= 11 is 0. The van der Waals surface area contributed by atoms with Gasteiger partial charge in [-0.1, -0.05) is 19.1 Å². The van der Waals surface area contributed by atoms with Crippen LogP contribution in [0, 0.1) is 5.92 Å². The number of piperidine rings is 1. The predicted octanol–water partition coefficient (Wildman–Crippen LogP) is 2.13. The van der Waals surface area contributed by atoms with Crippen molar-refractivity contribution >= 4 is 17.6 Å². The summed E-state index contributed by atoms with van der Waals surface area (Å²) in [6.07, 6.45) is 2.14. The monoisotopic (exact) mass is 332 g/mol. The lowest BCUT2D eigenvalue weighted by Gasteiger charge is -2.30. The summed E-state index contributed by atoms with van der Waals surface area (Å²) in [4.78, 5) is 27.7. The lowest BCUT2D eigenvalue weighted by atomic mass is 10.00. The molecule has 3 amide bonds. The molecule has 0 spiro atoms. The van der Waals surface area contributed by atoms with E-state index >= 15 is 0 Å². The lowest BCUT2D eigenvalue weighted by Crippen LogP contribution is -2.43. The molecule has 1 fully saturated rings. The molecule has 1 aliphatic heterocycles. The second kappa shape index (κ2) is 8.68. The molecule has 0 atom stereocenters. The van der Waals surface area contributed by atoms with Crippen molar-refractivity contribution in [2.45, 2.75) is 26.3 Å². The minimum Gasteiger partial charge on any atom is -0.334 e.